The minimum atomic E-state index is -0.285. The second kappa shape index (κ2) is 9.06. The van der Waals surface area contributed by atoms with Crippen molar-refractivity contribution in [1.29, 1.82) is 0 Å². The highest BCUT2D eigenvalue weighted by atomic mass is 16.6. The summed E-state index contributed by atoms with van der Waals surface area (Å²) in [6, 6.07) is 0. The summed E-state index contributed by atoms with van der Waals surface area (Å²) in [5, 5.41) is 0. The van der Waals surface area contributed by atoms with E-state index < -0.39 is 0 Å². The molecule has 1 aliphatic heterocycles. The zero-order chi connectivity index (χ0) is 15.7. The summed E-state index contributed by atoms with van der Waals surface area (Å²) in [6.07, 6.45) is 7.98. The number of hydrogen-bond acceptors (Lipinski definition) is 4. The van der Waals surface area contributed by atoms with Crippen molar-refractivity contribution in [1.82, 2.24) is 0 Å². The van der Waals surface area contributed by atoms with Crippen LogP contribution in [-0.4, -0.2) is 30.6 Å². The quantitative estimate of drug-likeness (QED) is 0.693. The Balaban J connectivity index is 0.00000106. The van der Waals surface area contributed by atoms with Crippen LogP contribution in [0.4, 0.5) is 0 Å². The lowest BCUT2D eigenvalue weighted by Crippen LogP contribution is -2.43. The fourth-order valence-corrected chi connectivity index (χ4v) is 3.21. The maximum Gasteiger partial charge on any atom is 0.344 e. The Bertz CT molecular complexity index is 342. The average molecular weight is 297 g/mol. The predicted octanol–water partition coefficient (Wildman–Crippen LogP) is 4.12. The van der Waals surface area contributed by atoms with E-state index in [4.69, 9.17) is 9.47 Å². The number of carbonyl (C=O) groups is 1. The van der Waals surface area contributed by atoms with E-state index >= 15 is 0 Å². The lowest BCUT2D eigenvalue weighted by molar-refractivity contribution is -0.172. The first-order valence-electron chi connectivity index (χ1n) is 8.58. The van der Waals surface area contributed by atoms with Gasteiger partial charge in [-0.2, -0.15) is 0 Å². The van der Waals surface area contributed by atoms with Gasteiger partial charge in [0.2, 0.25) is 5.90 Å². The van der Waals surface area contributed by atoms with Crippen LogP contribution in [0.3, 0.4) is 0 Å². The van der Waals surface area contributed by atoms with E-state index in [-0.39, 0.29) is 18.2 Å². The SMILES string of the molecule is CC.CCC(CC)(OC(=O)COC1=NC1)C1CCCCC1. The number of esters is 1. The van der Waals surface area contributed by atoms with Crippen molar-refractivity contribution in [2.45, 2.75) is 78.2 Å². The maximum atomic E-state index is 11.9. The van der Waals surface area contributed by atoms with Gasteiger partial charge in [-0.3, -0.25) is 0 Å². The molecule has 0 aromatic carbocycles. The molecule has 21 heavy (non-hydrogen) atoms. The number of aliphatic imine (C=N–C) groups is 1. The Morgan fingerprint density at radius 2 is 1.76 bits per heavy atom. The molecule has 1 fully saturated rings. The highest BCUT2D eigenvalue weighted by Crippen LogP contribution is 2.39. The van der Waals surface area contributed by atoms with E-state index in [1.54, 1.807) is 0 Å². The molecule has 0 amide bonds. The Kier molecular flexibility index (Phi) is 7.76. The fourth-order valence-electron chi connectivity index (χ4n) is 3.21. The van der Waals surface area contributed by atoms with Crippen LogP contribution >= 0.6 is 0 Å². The third-order valence-corrected chi connectivity index (χ3v) is 4.51. The van der Waals surface area contributed by atoms with Gasteiger partial charge in [0.05, 0.1) is 0 Å². The molecule has 1 saturated carbocycles. The van der Waals surface area contributed by atoms with Gasteiger partial charge in [-0.15, -0.1) is 0 Å². The highest BCUT2D eigenvalue weighted by Gasteiger charge is 2.39. The molecule has 0 aromatic rings. The molecule has 0 atom stereocenters. The monoisotopic (exact) mass is 297 g/mol. The molecular formula is C17H31NO3. The first-order valence-corrected chi connectivity index (χ1v) is 8.58. The largest absolute Gasteiger partial charge is 0.468 e. The van der Waals surface area contributed by atoms with Gasteiger partial charge >= 0.3 is 5.97 Å². The number of nitrogens with zero attached hydrogens (tertiary/aromatic N) is 1. The van der Waals surface area contributed by atoms with Crippen LogP contribution < -0.4 is 0 Å². The molecule has 4 heteroatoms. The molecule has 2 aliphatic rings. The second-order valence-corrected chi connectivity index (χ2v) is 5.58. The van der Waals surface area contributed by atoms with Crippen molar-refractivity contribution in [2.24, 2.45) is 10.9 Å². The van der Waals surface area contributed by atoms with Crippen LogP contribution in [0, 0.1) is 5.92 Å². The summed E-state index contributed by atoms with van der Waals surface area (Å²) < 4.78 is 11.0. The molecule has 1 aliphatic carbocycles. The molecule has 0 unspecified atom stereocenters. The lowest BCUT2D eigenvalue weighted by Gasteiger charge is -2.41. The summed E-state index contributed by atoms with van der Waals surface area (Å²) in [5.74, 6) is 0.940. The lowest BCUT2D eigenvalue weighted by atomic mass is 9.74. The van der Waals surface area contributed by atoms with Crippen molar-refractivity contribution in [3.8, 4) is 0 Å². The predicted molar refractivity (Wildman–Crippen MR) is 85.6 cm³/mol. The second-order valence-electron chi connectivity index (χ2n) is 5.58. The molecule has 4 nitrogen and oxygen atoms in total. The van der Waals surface area contributed by atoms with Gasteiger partial charge in [0.25, 0.3) is 0 Å². The van der Waals surface area contributed by atoms with E-state index in [9.17, 15) is 4.79 Å². The third-order valence-electron chi connectivity index (χ3n) is 4.51. The van der Waals surface area contributed by atoms with E-state index in [0.29, 0.717) is 18.4 Å². The van der Waals surface area contributed by atoms with Gasteiger partial charge in [-0.25, -0.2) is 9.79 Å². The Labute approximate surface area is 129 Å². The zero-order valence-corrected chi connectivity index (χ0v) is 14.1. The van der Waals surface area contributed by atoms with Gasteiger partial charge in [0, 0.05) is 0 Å². The number of rotatable bonds is 6. The van der Waals surface area contributed by atoms with Crippen LogP contribution in [0.5, 0.6) is 0 Å². The van der Waals surface area contributed by atoms with Crippen LogP contribution in [-0.2, 0) is 14.3 Å². The molecule has 0 saturated heterocycles. The molecule has 0 spiro atoms. The smallest absolute Gasteiger partial charge is 0.344 e. The van der Waals surface area contributed by atoms with Crippen LogP contribution in [0.1, 0.15) is 72.6 Å². The standard InChI is InChI=1S/C15H25NO3.C2H6/c1-3-15(4-2,12-8-6-5-7-9-12)19-14(17)11-18-13-10-16-13;1-2/h12H,3-11H2,1-2H3;1-2H3. The highest BCUT2D eigenvalue weighted by molar-refractivity contribution is 5.90. The Hall–Kier alpha value is -1.06. The summed E-state index contributed by atoms with van der Waals surface area (Å²) in [7, 11) is 0. The molecule has 122 valence electrons. The van der Waals surface area contributed by atoms with Gasteiger partial charge in [-0.05, 0) is 31.6 Å². The van der Waals surface area contributed by atoms with E-state index in [1.807, 2.05) is 13.8 Å². The first kappa shape index (κ1) is 18.0. The van der Waals surface area contributed by atoms with Crippen molar-refractivity contribution in [3.63, 3.8) is 0 Å². The Morgan fingerprint density at radius 3 is 2.24 bits per heavy atom. The molecule has 1 heterocycles. The molecular weight excluding hydrogens is 266 g/mol. The molecule has 0 aromatic heterocycles. The number of ether oxygens (including phenoxy) is 2. The van der Waals surface area contributed by atoms with Crippen molar-refractivity contribution >= 4 is 11.9 Å². The molecule has 2 rings (SSSR count). The Morgan fingerprint density at radius 1 is 1.19 bits per heavy atom. The summed E-state index contributed by atoms with van der Waals surface area (Å²) in [4.78, 5) is 15.8. The van der Waals surface area contributed by atoms with Crippen molar-refractivity contribution in [2.75, 3.05) is 13.2 Å². The van der Waals surface area contributed by atoms with E-state index in [2.05, 4.69) is 18.8 Å². The molecule has 0 radical (unpaired) electrons. The molecule has 0 bridgehead atoms. The summed E-state index contributed by atoms with van der Waals surface area (Å²) >= 11 is 0. The first-order chi connectivity index (χ1) is 10.2. The van der Waals surface area contributed by atoms with Gasteiger partial charge < -0.3 is 9.47 Å². The van der Waals surface area contributed by atoms with Crippen LogP contribution in [0.15, 0.2) is 4.99 Å². The van der Waals surface area contributed by atoms with Crippen molar-refractivity contribution < 1.29 is 14.3 Å². The van der Waals surface area contributed by atoms with E-state index in [1.165, 1.54) is 32.1 Å². The average Bonchev–Trinajstić information content (AvgIpc) is 3.38. The van der Waals surface area contributed by atoms with Gasteiger partial charge in [0.15, 0.2) is 6.61 Å². The van der Waals surface area contributed by atoms with Crippen molar-refractivity contribution in [3.05, 3.63) is 0 Å². The maximum absolute atomic E-state index is 11.9. The topological polar surface area (TPSA) is 47.9 Å². The molecule has 0 N–H and O–H groups in total. The summed E-state index contributed by atoms with van der Waals surface area (Å²) in [6.45, 7) is 8.89. The number of hydrogen-bond donors (Lipinski definition) is 0. The fraction of sp³-hybridized carbons (Fsp3) is 0.882. The van der Waals surface area contributed by atoms with Gasteiger partial charge in [-0.1, -0.05) is 47.0 Å². The van der Waals surface area contributed by atoms with Gasteiger partial charge in [0.1, 0.15) is 12.1 Å². The summed E-state index contributed by atoms with van der Waals surface area (Å²) in [5.41, 5.74) is -0.285. The minimum absolute atomic E-state index is 0.00725. The van der Waals surface area contributed by atoms with Crippen LogP contribution in [0.2, 0.25) is 0 Å². The number of carbonyl (C=O) groups excluding carboxylic acids is 1. The van der Waals surface area contributed by atoms with Crippen LogP contribution in [0.25, 0.3) is 0 Å². The third kappa shape index (κ3) is 5.33. The zero-order valence-electron chi connectivity index (χ0n) is 14.1. The minimum Gasteiger partial charge on any atom is -0.468 e. The van der Waals surface area contributed by atoms with E-state index in [0.717, 1.165) is 12.8 Å². The normalized spacial score (nSPS) is 18.2.